The predicted octanol–water partition coefficient (Wildman–Crippen LogP) is 5.28. The van der Waals surface area contributed by atoms with Crippen molar-refractivity contribution in [2.75, 3.05) is 0 Å². The second-order valence-corrected chi connectivity index (χ2v) is 5.01. The van der Waals surface area contributed by atoms with Crippen LogP contribution >= 0.6 is 23.2 Å². The van der Waals surface area contributed by atoms with Crippen LogP contribution < -0.4 is 0 Å². The van der Waals surface area contributed by atoms with Crippen LogP contribution in [-0.4, -0.2) is 0 Å². The highest BCUT2D eigenvalue weighted by atomic mass is 35.5. The Kier molecular flexibility index (Phi) is 4.38. The minimum atomic E-state index is -0.962. The Morgan fingerprint density at radius 1 is 1.00 bits per heavy atom. The summed E-state index contributed by atoms with van der Waals surface area (Å²) in [5, 5.41) is -0.489. The van der Waals surface area contributed by atoms with Crippen molar-refractivity contribution < 1.29 is 13.2 Å². The molecule has 2 rings (SSSR count). The fourth-order valence-electron chi connectivity index (χ4n) is 1.76. The van der Waals surface area contributed by atoms with Crippen LogP contribution in [0.5, 0.6) is 0 Å². The molecule has 1 unspecified atom stereocenters. The molecule has 0 amide bonds. The third-order valence-corrected chi connectivity index (χ3v) is 3.35. The molecule has 0 aliphatic carbocycles. The maximum Gasteiger partial charge on any atom is 0.162 e. The van der Waals surface area contributed by atoms with Gasteiger partial charge < -0.3 is 0 Å². The third kappa shape index (κ3) is 3.23. The molecule has 0 aliphatic heterocycles. The molecule has 0 bridgehead atoms. The summed E-state index contributed by atoms with van der Waals surface area (Å²) >= 11 is 11.8. The van der Waals surface area contributed by atoms with Gasteiger partial charge in [0, 0.05) is 10.6 Å². The van der Waals surface area contributed by atoms with E-state index in [1.807, 2.05) is 0 Å². The van der Waals surface area contributed by atoms with Gasteiger partial charge in [-0.2, -0.15) is 0 Å². The molecule has 0 saturated carbocycles. The average molecular weight is 305 g/mol. The number of rotatable bonds is 3. The summed E-state index contributed by atoms with van der Waals surface area (Å²) in [4.78, 5) is 0. The second kappa shape index (κ2) is 5.85. The average Bonchev–Trinajstić information content (AvgIpc) is 2.38. The summed E-state index contributed by atoms with van der Waals surface area (Å²) in [7, 11) is 0. The van der Waals surface area contributed by atoms with Crippen molar-refractivity contribution in [1.82, 2.24) is 0 Å². The Labute approximate surface area is 118 Å². The van der Waals surface area contributed by atoms with Crippen LogP contribution in [0.1, 0.15) is 16.5 Å². The topological polar surface area (TPSA) is 0 Å². The van der Waals surface area contributed by atoms with Crippen molar-refractivity contribution in [2.45, 2.75) is 11.8 Å². The van der Waals surface area contributed by atoms with Crippen LogP contribution in [0.2, 0.25) is 5.02 Å². The van der Waals surface area contributed by atoms with Gasteiger partial charge in [-0.15, -0.1) is 11.6 Å². The summed E-state index contributed by atoms with van der Waals surface area (Å²) in [5.41, 5.74) is 0.261. The van der Waals surface area contributed by atoms with Gasteiger partial charge in [0.25, 0.3) is 0 Å². The normalized spacial score (nSPS) is 12.5. The highest BCUT2D eigenvalue weighted by molar-refractivity contribution is 6.30. The Balaban J connectivity index is 2.28. The fraction of sp³-hybridized carbons (Fsp3) is 0.143. The summed E-state index contributed by atoms with van der Waals surface area (Å²) < 4.78 is 40.2. The molecular formula is C14H9Cl2F3. The van der Waals surface area contributed by atoms with Gasteiger partial charge in [-0.1, -0.05) is 23.7 Å². The van der Waals surface area contributed by atoms with Gasteiger partial charge in [-0.05, 0) is 36.2 Å². The zero-order valence-corrected chi connectivity index (χ0v) is 11.2. The van der Waals surface area contributed by atoms with E-state index in [1.165, 1.54) is 30.3 Å². The molecule has 0 N–H and O–H groups in total. The summed E-state index contributed by atoms with van der Waals surface area (Å²) in [6, 6.07) is 7.78. The molecule has 0 aliphatic rings. The molecule has 100 valence electrons. The van der Waals surface area contributed by atoms with E-state index in [-0.39, 0.29) is 17.5 Å². The van der Waals surface area contributed by atoms with Gasteiger partial charge >= 0.3 is 0 Å². The van der Waals surface area contributed by atoms with E-state index in [4.69, 9.17) is 23.2 Å². The van der Waals surface area contributed by atoms with Crippen molar-refractivity contribution in [3.05, 3.63) is 70.0 Å². The maximum absolute atomic E-state index is 13.6. The molecule has 0 spiro atoms. The van der Waals surface area contributed by atoms with E-state index in [9.17, 15) is 13.2 Å². The Bertz CT molecular complexity index is 599. The van der Waals surface area contributed by atoms with Crippen molar-refractivity contribution in [1.29, 1.82) is 0 Å². The van der Waals surface area contributed by atoms with Gasteiger partial charge in [-0.3, -0.25) is 0 Å². The van der Waals surface area contributed by atoms with Gasteiger partial charge in [0.2, 0.25) is 0 Å². The molecule has 0 heterocycles. The quantitative estimate of drug-likeness (QED) is 0.677. The van der Waals surface area contributed by atoms with Crippen LogP contribution in [-0.2, 0) is 6.42 Å². The Morgan fingerprint density at radius 3 is 2.47 bits per heavy atom. The molecule has 19 heavy (non-hydrogen) atoms. The zero-order chi connectivity index (χ0) is 14.0. The van der Waals surface area contributed by atoms with E-state index in [2.05, 4.69) is 0 Å². The first-order valence-electron chi connectivity index (χ1n) is 5.51. The highest BCUT2D eigenvalue weighted by Gasteiger charge is 2.17. The van der Waals surface area contributed by atoms with E-state index in [0.717, 1.165) is 6.07 Å². The van der Waals surface area contributed by atoms with Gasteiger partial charge in [0.15, 0.2) is 11.6 Å². The molecule has 5 heteroatoms. The molecule has 0 aromatic heterocycles. The van der Waals surface area contributed by atoms with E-state index in [1.54, 1.807) is 0 Å². The number of alkyl halides is 1. The maximum atomic E-state index is 13.6. The first-order chi connectivity index (χ1) is 8.99. The lowest BCUT2D eigenvalue weighted by molar-refractivity contribution is 0.497. The highest BCUT2D eigenvalue weighted by Crippen LogP contribution is 2.30. The lowest BCUT2D eigenvalue weighted by atomic mass is 10.0. The minimum absolute atomic E-state index is 0.0254. The number of benzene rings is 2. The van der Waals surface area contributed by atoms with E-state index < -0.39 is 22.8 Å². The number of hydrogen-bond acceptors (Lipinski definition) is 0. The van der Waals surface area contributed by atoms with Crippen molar-refractivity contribution in [2.24, 2.45) is 0 Å². The molecule has 1 atom stereocenters. The van der Waals surface area contributed by atoms with Gasteiger partial charge in [0.05, 0.1) is 5.38 Å². The largest absolute Gasteiger partial charge is 0.207 e. The third-order valence-electron chi connectivity index (χ3n) is 2.73. The van der Waals surface area contributed by atoms with Crippen LogP contribution in [0.3, 0.4) is 0 Å². The molecular weight excluding hydrogens is 296 g/mol. The molecule has 0 radical (unpaired) electrons. The Hall–Kier alpha value is -1.19. The monoisotopic (exact) mass is 304 g/mol. The molecule has 0 nitrogen and oxygen atoms in total. The molecule has 0 fully saturated rings. The summed E-state index contributed by atoms with van der Waals surface area (Å²) in [5.74, 6) is -2.44. The Morgan fingerprint density at radius 2 is 1.74 bits per heavy atom. The lowest BCUT2D eigenvalue weighted by Crippen LogP contribution is -2.02. The fourth-order valence-corrected chi connectivity index (χ4v) is 2.28. The predicted molar refractivity (Wildman–Crippen MR) is 70.1 cm³/mol. The minimum Gasteiger partial charge on any atom is -0.207 e. The summed E-state index contributed by atoms with van der Waals surface area (Å²) in [6.45, 7) is 0. The molecule has 2 aromatic rings. The van der Waals surface area contributed by atoms with Crippen molar-refractivity contribution >= 4 is 23.2 Å². The first kappa shape index (κ1) is 14.2. The van der Waals surface area contributed by atoms with Crippen molar-refractivity contribution in [3.8, 4) is 0 Å². The lowest BCUT2D eigenvalue weighted by Gasteiger charge is -2.12. The van der Waals surface area contributed by atoms with Gasteiger partial charge in [-0.25, -0.2) is 13.2 Å². The smallest absolute Gasteiger partial charge is 0.162 e. The SMILES string of the molecule is Fc1ccc(Cl)cc1C(Cl)Cc1cccc(F)c1F. The molecule has 0 saturated heterocycles. The van der Waals surface area contributed by atoms with Crippen molar-refractivity contribution in [3.63, 3.8) is 0 Å². The zero-order valence-electron chi connectivity index (χ0n) is 9.64. The second-order valence-electron chi connectivity index (χ2n) is 4.05. The van der Waals surface area contributed by atoms with Gasteiger partial charge in [0.1, 0.15) is 5.82 Å². The van der Waals surface area contributed by atoms with Crippen LogP contribution in [0.4, 0.5) is 13.2 Å². The van der Waals surface area contributed by atoms with E-state index >= 15 is 0 Å². The van der Waals surface area contributed by atoms with E-state index in [0.29, 0.717) is 5.02 Å². The number of hydrogen-bond donors (Lipinski definition) is 0. The van der Waals surface area contributed by atoms with Crippen LogP contribution in [0, 0.1) is 17.5 Å². The van der Waals surface area contributed by atoms with Crippen LogP contribution in [0.25, 0.3) is 0 Å². The summed E-state index contributed by atoms with van der Waals surface area (Å²) in [6.07, 6.45) is -0.0254. The number of halogens is 5. The molecule has 2 aromatic carbocycles. The first-order valence-corrected chi connectivity index (χ1v) is 6.32. The standard InChI is InChI=1S/C14H9Cl2F3/c15-9-4-5-12(17)10(7-9)11(16)6-8-2-1-3-13(18)14(8)19/h1-5,7,11H,6H2. The van der Waals surface area contributed by atoms with Crippen LogP contribution in [0.15, 0.2) is 36.4 Å².